The van der Waals surface area contributed by atoms with Crippen molar-refractivity contribution in [2.75, 3.05) is 5.32 Å². The van der Waals surface area contributed by atoms with Gasteiger partial charge in [0.2, 0.25) is 5.91 Å². The first-order valence-corrected chi connectivity index (χ1v) is 12.4. The SMILES string of the molecule is C[C@H]1[C@H]2C[C@H](C[C@H]1Nc1cnn(CC(=O)NC(C)(C(=O)O)c3ccccc3)c(=O)c1Br)C2(C)C. The third kappa shape index (κ3) is 4.15. The van der Waals surface area contributed by atoms with Gasteiger partial charge in [0.15, 0.2) is 5.54 Å². The summed E-state index contributed by atoms with van der Waals surface area (Å²) in [5.41, 5.74) is -0.677. The average Bonchev–Trinajstić information content (AvgIpc) is 2.79. The highest BCUT2D eigenvalue weighted by atomic mass is 79.9. The maximum absolute atomic E-state index is 12.9. The van der Waals surface area contributed by atoms with Crippen molar-refractivity contribution < 1.29 is 14.7 Å². The zero-order valence-corrected chi connectivity index (χ0v) is 21.4. The fraction of sp³-hybridized carbons (Fsp3) is 0.520. The van der Waals surface area contributed by atoms with Crippen molar-refractivity contribution in [2.45, 2.75) is 58.7 Å². The highest BCUT2D eigenvalue weighted by molar-refractivity contribution is 9.10. The average molecular weight is 531 g/mol. The van der Waals surface area contributed by atoms with Crippen LogP contribution in [0.5, 0.6) is 0 Å². The normalized spacial score (nSPS) is 26.6. The number of hydrogen-bond acceptors (Lipinski definition) is 5. The smallest absolute Gasteiger partial charge is 0.333 e. The van der Waals surface area contributed by atoms with Gasteiger partial charge in [-0.1, -0.05) is 51.1 Å². The maximum atomic E-state index is 12.9. The number of amides is 1. The van der Waals surface area contributed by atoms with E-state index in [1.165, 1.54) is 13.3 Å². The Kier molecular flexibility index (Phi) is 6.35. The van der Waals surface area contributed by atoms with Crippen molar-refractivity contribution in [3.63, 3.8) is 0 Å². The van der Waals surface area contributed by atoms with Crippen molar-refractivity contribution in [3.8, 4) is 0 Å². The minimum atomic E-state index is -1.63. The summed E-state index contributed by atoms with van der Waals surface area (Å²) in [6.45, 7) is 7.97. The zero-order valence-electron chi connectivity index (χ0n) is 19.8. The molecule has 5 atom stereocenters. The lowest BCUT2D eigenvalue weighted by molar-refractivity contribution is -0.147. The van der Waals surface area contributed by atoms with E-state index in [1.54, 1.807) is 36.5 Å². The summed E-state index contributed by atoms with van der Waals surface area (Å²) in [6, 6.07) is 8.70. The number of nitrogens with zero attached hydrogens (tertiary/aromatic N) is 2. The van der Waals surface area contributed by atoms with Crippen LogP contribution in [0.25, 0.3) is 0 Å². The Labute approximate surface area is 207 Å². The fourth-order valence-electron chi connectivity index (χ4n) is 5.69. The van der Waals surface area contributed by atoms with E-state index in [-0.39, 0.29) is 6.04 Å². The highest BCUT2D eigenvalue weighted by Gasteiger charge is 2.56. The van der Waals surface area contributed by atoms with Crippen LogP contribution in [-0.2, 0) is 21.7 Å². The number of aliphatic carboxylic acids is 1. The molecule has 34 heavy (non-hydrogen) atoms. The van der Waals surface area contributed by atoms with Gasteiger partial charge in [-0.15, -0.1) is 0 Å². The standard InChI is InChI=1S/C25H31BrN4O4/c1-14-17-10-16(24(17,2)3)11-18(14)28-19-12-27-30(22(32)21(19)26)13-20(31)29-25(4,23(33)34)15-8-6-5-7-9-15/h5-9,12,14,16-18,28H,10-11,13H2,1-4H3,(H,29,31)(H,33,34)/t14-,16+,17+,18+,25?/m0/s1. The summed E-state index contributed by atoms with van der Waals surface area (Å²) in [5, 5.41) is 20.0. The number of carbonyl (C=O) groups is 2. The Morgan fingerprint density at radius 2 is 1.94 bits per heavy atom. The van der Waals surface area contributed by atoms with Crippen molar-refractivity contribution in [3.05, 3.63) is 56.9 Å². The largest absolute Gasteiger partial charge is 0.479 e. The van der Waals surface area contributed by atoms with Gasteiger partial charge in [-0.05, 0) is 64.4 Å². The number of halogens is 1. The molecule has 0 saturated heterocycles. The number of rotatable bonds is 7. The van der Waals surface area contributed by atoms with Crippen LogP contribution in [0, 0.1) is 23.2 Å². The summed E-state index contributed by atoms with van der Waals surface area (Å²) in [4.78, 5) is 37.6. The van der Waals surface area contributed by atoms with Crippen molar-refractivity contribution in [2.24, 2.45) is 23.2 Å². The maximum Gasteiger partial charge on any atom is 0.333 e. The van der Waals surface area contributed by atoms with Crippen LogP contribution < -0.4 is 16.2 Å². The minimum absolute atomic E-state index is 0.260. The van der Waals surface area contributed by atoms with E-state index in [4.69, 9.17) is 0 Å². The van der Waals surface area contributed by atoms with Gasteiger partial charge in [0.1, 0.15) is 11.0 Å². The number of anilines is 1. The predicted molar refractivity (Wildman–Crippen MR) is 132 cm³/mol. The number of nitrogens with one attached hydrogen (secondary N) is 2. The second-order valence-electron chi connectivity index (χ2n) is 10.4. The van der Waals surface area contributed by atoms with Gasteiger partial charge in [0.05, 0.1) is 11.9 Å². The van der Waals surface area contributed by atoms with E-state index in [0.29, 0.717) is 38.9 Å². The van der Waals surface area contributed by atoms with Gasteiger partial charge in [0.25, 0.3) is 5.56 Å². The van der Waals surface area contributed by atoms with E-state index in [9.17, 15) is 19.5 Å². The summed E-state index contributed by atoms with van der Waals surface area (Å²) >= 11 is 3.38. The van der Waals surface area contributed by atoms with E-state index in [1.807, 2.05) is 0 Å². The molecule has 3 N–H and O–H groups in total. The third-order valence-corrected chi connectivity index (χ3v) is 8.91. The molecular formula is C25H31BrN4O4. The molecule has 3 fully saturated rings. The van der Waals surface area contributed by atoms with Crippen molar-refractivity contribution in [1.29, 1.82) is 0 Å². The molecular weight excluding hydrogens is 500 g/mol. The number of fused-ring (bicyclic) bond motifs is 2. The number of benzene rings is 1. The molecule has 5 rings (SSSR count). The minimum Gasteiger partial charge on any atom is -0.479 e. The Morgan fingerprint density at radius 1 is 1.26 bits per heavy atom. The summed E-state index contributed by atoms with van der Waals surface area (Å²) < 4.78 is 1.34. The molecule has 1 aromatic heterocycles. The van der Waals surface area contributed by atoms with Crippen LogP contribution in [0.1, 0.15) is 46.1 Å². The van der Waals surface area contributed by atoms with Gasteiger partial charge in [-0.3, -0.25) is 9.59 Å². The summed E-state index contributed by atoms with van der Waals surface area (Å²) in [5.74, 6) is -0.00948. The molecule has 0 spiro atoms. The molecule has 3 aliphatic carbocycles. The Morgan fingerprint density at radius 3 is 2.53 bits per heavy atom. The monoisotopic (exact) mass is 530 g/mol. The fourth-order valence-corrected chi connectivity index (χ4v) is 6.11. The van der Waals surface area contributed by atoms with Crippen LogP contribution in [0.2, 0.25) is 0 Å². The number of aromatic nitrogens is 2. The van der Waals surface area contributed by atoms with Gasteiger partial charge in [-0.2, -0.15) is 5.10 Å². The van der Waals surface area contributed by atoms with Gasteiger partial charge in [-0.25, -0.2) is 9.48 Å². The lowest BCUT2D eigenvalue weighted by Crippen LogP contribution is -2.58. The molecule has 1 aromatic carbocycles. The molecule has 3 aliphatic rings. The van der Waals surface area contributed by atoms with Crippen molar-refractivity contribution in [1.82, 2.24) is 15.1 Å². The van der Waals surface area contributed by atoms with E-state index >= 15 is 0 Å². The predicted octanol–water partition coefficient (Wildman–Crippen LogP) is 3.60. The molecule has 0 aliphatic heterocycles. The molecule has 1 unspecified atom stereocenters. The molecule has 2 bridgehead atoms. The van der Waals surface area contributed by atoms with E-state index in [0.717, 1.165) is 11.1 Å². The highest BCUT2D eigenvalue weighted by Crippen LogP contribution is 2.61. The Bertz CT molecular complexity index is 1170. The quantitative estimate of drug-likeness (QED) is 0.503. The third-order valence-electron chi connectivity index (χ3n) is 8.14. The number of carbonyl (C=O) groups excluding carboxylic acids is 1. The molecule has 3 saturated carbocycles. The number of carboxylic acids is 1. The summed E-state index contributed by atoms with van der Waals surface area (Å²) in [7, 11) is 0. The Hall–Kier alpha value is -2.68. The first-order chi connectivity index (χ1) is 15.9. The number of carboxylic acid groups (broad SMARTS) is 1. The van der Waals surface area contributed by atoms with Gasteiger partial charge in [0, 0.05) is 6.04 Å². The summed E-state index contributed by atoms with van der Waals surface area (Å²) in [6.07, 6.45) is 3.86. The Balaban J connectivity index is 1.47. The van der Waals surface area contributed by atoms with Gasteiger partial charge < -0.3 is 15.7 Å². The second-order valence-corrected chi connectivity index (χ2v) is 11.2. The molecule has 1 amide bonds. The molecule has 9 heteroatoms. The molecule has 8 nitrogen and oxygen atoms in total. The number of hydrogen-bond donors (Lipinski definition) is 3. The molecule has 0 radical (unpaired) electrons. The molecule has 2 aromatic rings. The van der Waals surface area contributed by atoms with Crippen LogP contribution in [0.15, 0.2) is 45.8 Å². The first-order valence-electron chi connectivity index (χ1n) is 11.6. The van der Waals surface area contributed by atoms with Crippen LogP contribution >= 0.6 is 15.9 Å². The lowest BCUT2D eigenvalue weighted by atomic mass is 9.45. The lowest BCUT2D eigenvalue weighted by Gasteiger charge is -2.62. The van der Waals surface area contributed by atoms with E-state index in [2.05, 4.69) is 52.4 Å². The molecule has 182 valence electrons. The zero-order chi connectivity index (χ0) is 24.8. The van der Waals surface area contributed by atoms with E-state index < -0.39 is 29.5 Å². The van der Waals surface area contributed by atoms with Crippen LogP contribution in [0.3, 0.4) is 0 Å². The first kappa shape index (κ1) is 24.4. The van der Waals surface area contributed by atoms with Crippen LogP contribution in [-0.4, -0.2) is 32.8 Å². The topological polar surface area (TPSA) is 113 Å². The van der Waals surface area contributed by atoms with Crippen molar-refractivity contribution >= 4 is 33.5 Å². The van der Waals surface area contributed by atoms with Crippen LogP contribution in [0.4, 0.5) is 5.69 Å². The van der Waals surface area contributed by atoms with Gasteiger partial charge >= 0.3 is 5.97 Å². The molecule has 1 heterocycles. The second kappa shape index (κ2) is 8.83.